The Morgan fingerprint density at radius 1 is 1.37 bits per heavy atom. The van der Waals surface area contributed by atoms with Crippen molar-refractivity contribution in [1.82, 2.24) is 19.5 Å². The third-order valence-corrected chi connectivity index (χ3v) is 3.07. The minimum Gasteiger partial charge on any atom is -0.263 e. The first-order chi connectivity index (χ1) is 9.25. The van der Waals surface area contributed by atoms with Crippen LogP contribution in [0.25, 0.3) is 0 Å². The van der Waals surface area contributed by atoms with Crippen molar-refractivity contribution in [2.75, 3.05) is 0 Å². The van der Waals surface area contributed by atoms with Crippen LogP contribution in [0.4, 0.5) is 4.79 Å². The summed E-state index contributed by atoms with van der Waals surface area (Å²) < 4.78 is 1.38. The molecule has 0 bridgehead atoms. The van der Waals surface area contributed by atoms with Gasteiger partial charge in [0.2, 0.25) is 0 Å². The zero-order chi connectivity index (χ0) is 13.2. The number of halogens is 1. The maximum Gasteiger partial charge on any atom is 0.350 e. The van der Waals surface area contributed by atoms with E-state index in [2.05, 4.69) is 15.1 Å². The third kappa shape index (κ3) is 2.22. The largest absolute Gasteiger partial charge is 0.350 e. The second-order valence-corrected chi connectivity index (χ2v) is 4.52. The Morgan fingerprint density at radius 3 is 3.00 bits per heavy atom. The molecule has 3 heterocycles. The smallest absolute Gasteiger partial charge is 0.263 e. The number of rotatable bonds is 1. The molecule has 0 N–H and O–H groups in total. The number of hydrazone groups is 1. The SMILES string of the molecule is O=C(N1N=CC[C@H]1c1cncc(Cl)c1)n1ccnc1. The standard InChI is InChI=1S/C12H10ClN5O/c13-10-5-9(6-15-7-10)11-1-2-16-18(11)12(19)17-4-3-14-8-17/h2-8,11H,1H2/t11-/m0/s1. The normalized spacial score (nSPS) is 17.9. The summed E-state index contributed by atoms with van der Waals surface area (Å²) >= 11 is 5.93. The summed E-state index contributed by atoms with van der Waals surface area (Å²) in [5.74, 6) is 0. The van der Waals surface area contributed by atoms with Crippen LogP contribution in [0.3, 0.4) is 0 Å². The van der Waals surface area contributed by atoms with Gasteiger partial charge in [-0.2, -0.15) is 5.10 Å². The Hall–Kier alpha value is -2.21. The van der Waals surface area contributed by atoms with Crippen molar-refractivity contribution >= 4 is 23.8 Å². The van der Waals surface area contributed by atoms with E-state index >= 15 is 0 Å². The van der Waals surface area contributed by atoms with E-state index < -0.39 is 0 Å². The number of carbonyl (C=O) groups is 1. The lowest BCUT2D eigenvalue weighted by molar-refractivity contribution is 0.188. The van der Waals surface area contributed by atoms with Crippen LogP contribution in [0.2, 0.25) is 5.02 Å². The Labute approximate surface area is 114 Å². The fourth-order valence-corrected chi connectivity index (χ4v) is 2.16. The molecule has 0 unspecified atom stereocenters. The highest BCUT2D eigenvalue weighted by Crippen LogP contribution is 2.29. The minimum absolute atomic E-state index is 0.180. The van der Waals surface area contributed by atoms with Crippen LogP contribution < -0.4 is 0 Å². The van der Waals surface area contributed by atoms with Gasteiger partial charge in [0.05, 0.1) is 11.1 Å². The van der Waals surface area contributed by atoms with E-state index in [1.54, 1.807) is 37.1 Å². The average molecular weight is 276 g/mol. The molecule has 3 rings (SSSR count). The first kappa shape index (κ1) is 11.9. The van der Waals surface area contributed by atoms with E-state index in [1.165, 1.54) is 15.9 Å². The van der Waals surface area contributed by atoms with Gasteiger partial charge in [-0.15, -0.1) is 0 Å². The molecule has 1 atom stereocenters. The topological polar surface area (TPSA) is 63.4 Å². The van der Waals surface area contributed by atoms with Crippen LogP contribution in [0.1, 0.15) is 18.0 Å². The molecule has 19 heavy (non-hydrogen) atoms. The Bertz CT molecular complexity index is 625. The van der Waals surface area contributed by atoms with Crippen LogP contribution in [0.5, 0.6) is 0 Å². The molecule has 7 heteroatoms. The Balaban J connectivity index is 1.89. The number of hydrogen-bond donors (Lipinski definition) is 0. The van der Waals surface area contributed by atoms with Crippen molar-refractivity contribution in [1.29, 1.82) is 0 Å². The molecule has 1 aliphatic heterocycles. The quantitative estimate of drug-likeness (QED) is 0.802. The zero-order valence-electron chi connectivity index (χ0n) is 9.85. The summed E-state index contributed by atoms with van der Waals surface area (Å²) in [5, 5.41) is 6.07. The van der Waals surface area contributed by atoms with Gasteiger partial charge in [0.25, 0.3) is 0 Å². The van der Waals surface area contributed by atoms with Crippen molar-refractivity contribution in [3.05, 3.63) is 47.8 Å². The Kier molecular flexibility index (Phi) is 3.00. The van der Waals surface area contributed by atoms with Gasteiger partial charge >= 0.3 is 6.03 Å². The molecule has 2 aromatic heterocycles. The van der Waals surface area contributed by atoms with Crippen LogP contribution in [-0.2, 0) is 0 Å². The molecular weight excluding hydrogens is 266 g/mol. The van der Waals surface area contributed by atoms with Crippen LogP contribution in [0.15, 0.2) is 42.3 Å². The maximum atomic E-state index is 12.3. The van der Waals surface area contributed by atoms with Crippen LogP contribution in [-0.4, -0.2) is 31.8 Å². The summed E-state index contributed by atoms with van der Waals surface area (Å²) in [5.41, 5.74) is 0.860. The van der Waals surface area contributed by atoms with Gasteiger partial charge in [-0.1, -0.05) is 11.6 Å². The fourth-order valence-electron chi connectivity index (χ4n) is 1.98. The first-order valence-electron chi connectivity index (χ1n) is 5.70. The lowest BCUT2D eigenvalue weighted by Gasteiger charge is -2.21. The van der Waals surface area contributed by atoms with Crippen molar-refractivity contribution in [3.8, 4) is 0 Å². The molecule has 0 aromatic carbocycles. The number of nitrogens with zero attached hydrogens (tertiary/aromatic N) is 5. The summed E-state index contributed by atoms with van der Waals surface area (Å²) in [4.78, 5) is 20.2. The van der Waals surface area contributed by atoms with E-state index in [9.17, 15) is 4.79 Å². The van der Waals surface area contributed by atoms with Crippen molar-refractivity contribution in [3.63, 3.8) is 0 Å². The maximum absolute atomic E-state index is 12.3. The highest BCUT2D eigenvalue weighted by Gasteiger charge is 2.29. The number of hydrogen-bond acceptors (Lipinski definition) is 4. The van der Waals surface area contributed by atoms with E-state index in [0.29, 0.717) is 11.4 Å². The van der Waals surface area contributed by atoms with Crippen LogP contribution in [0, 0.1) is 0 Å². The summed E-state index contributed by atoms with van der Waals surface area (Å²) in [6, 6.07) is 1.36. The molecular formula is C12H10ClN5O. The molecule has 0 aliphatic carbocycles. The fraction of sp³-hybridized carbons (Fsp3) is 0.167. The number of aromatic nitrogens is 3. The molecule has 0 fully saturated rings. The predicted molar refractivity (Wildman–Crippen MR) is 70.0 cm³/mol. The molecule has 6 nitrogen and oxygen atoms in total. The van der Waals surface area contributed by atoms with Gasteiger partial charge in [0.15, 0.2) is 0 Å². The van der Waals surface area contributed by atoms with Gasteiger partial charge in [-0.3, -0.25) is 9.55 Å². The summed E-state index contributed by atoms with van der Waals surface area (Å²) in [6.07, 6.45) is 10.2. The highest BCUT2D eigenvalue weighted by atomic mass is 35.5. The monoisotopic (exact) mass is 275 g/mol. The Morgan fingerprint density at radius 2 is 2.26 bits per heavy atom. The van der Waals surface area contributed by atoms with Gasteiger partial charge in [0.1, 0.15) is 6.33 Å². The van der Waals surface area contributed by atoms with Gasteiger partial charge < -0.3 is 0 Å². The van der Waals surface area contributed by atoms with Gasteiger partial charge in [0, 0.05) is 37.4 Å². The number of imidazole rings is 1. The molecule has 1 aliphatic rings. The molecule has 1 amide bonds. The molecule has 96 valence electrons. The van der Waals surface area contributed by atoms with E-state index in [1.807, 2.05) is 0 Å². The van der Waals surface area contributed by atoms with Gasteiger partial charge in [-0.25, -0.2) is 14.8 Å². The molecule has 0 radical (unpaired) electrons. The molecule has 2 aromatic rings. The minimum atomic E-state index is -0.253. The summed E-state index contributed by atoms with van der Waals surface area (Å²) in [6.45, 7) is 0. The molecule has 0 saturated carbocycles. The second kappa shape index (κ2) is 4.81. The van der Waals surface area contributed by atoms with Crippen molar-refractivity contribution < 1.29 is 4.79 Å². The average Bonchev–Trinajstić information content (AvgIpc) is 3.09. The number of amides is 1. The first-order valence-corrected chi connectivity index (χ1v) is 6.08. The van der Waals surface area contributed by atoms with Crippen molar-refractivity contribution in [2.45, 2.75) is 12.5 Å². The highest BCUT2D eigenvalue weighted by molar-refractivity contribution is 6.30. The molecule has 0 spiro atoms. The third-order valence-electron chi connectivity index (χ3n) is 2.86. The van der Waals surface area contributed by atoms with E-state index in [4.69, 9.17) is 11.6 Å². The summed E-state index contributed by atoms with van der Waals surface area (Å²) in [7, 11) is 0. The van der Waals surface area contributed by atoms with E-state index in [-0.39, 0.29) is 12.1 Å². The van der Waals surface area contributed by atoms with Crippen molar-refractivity contribution in [2.24, 2.45) is 5.10 Å². The van der Waals surface area contributed by atoms with Gasteiger partial charge in [-0.05, 0) is 11.6 Å². The molecule has 0 saturated heterocycles. The zero-order valence-corrected chi connectivity index (χ0v) is 10.6. The number of carbonyl (C=O) groups excluding carboxylic acids is 1. The predicted octanol–water partition coefficient (Wildman–Crippen LogP) is 2.33. The van der Waals surface area contributed by atoms with E-state index in [0.717, 1.165) is 5.56 Å². The lowest BCUT2D eigenvalue weighted by atomic mass is 10.1. The van der Waals surface area contributed by atoms with Crippen LogP contribution >= 0.6 is 11.6 Å². The second-order valence-electron chi connectivity index (χ2n) is 4.08. The lowest BCUT2D eigenvalue weighted by Crippen LogP contribution is -2.30. The number of pyridine rings is 1.